The van der Waals surface area contributed by atoms with E-state index in [2.05, 4.69) is 13.5 Å². The molecule has 0 radical (unpaired) electrons. The lowest BCUT2D eigenvalue weighted by Gasteiger charge is -2.66. The zero-order valence-electron chi connectivity index (χ0n) is 19.1. The summed E-state index contributed by atoms with van der Waals surface area (Å²) in [6, 6.07) is 0. The lowest BCUT2D eigenvalue weighted by Crippen LogP contribution is -2.71. The predicted molar refractivity (Wildman–Crippen MR) is 113 cm³/mol. The first-order valence-electron chi connectivity index (χ1n) is 10.8. The number of carbonyl (C=O) groups excluding carboxylic acids is 2. The highest BCUT2D eigenvalue weighted by Crippen LogP contribution is 2.71. The van der Waals surface area contributed by atoms with Crippen LogP contribution in [0.2, 0.25) is 0 Å². The molecule has 0 aromatic rings. The second-order valence-corrected chi connectivity index (χ2v) is 10.4. The van der Waals surface area contributed by atoms with E-state index in [1.54, 1.807) is 0 Å². The quantitative estimate of drug-likeness (QED) is 0.338. The molecule has 1 spiro atoms. The van der Waals surface area contributed by atoms with E-state index in [-0.39, 0.29) is 29.3 Å². The molecule has 8 nitrogen and oxygen atoms in total. The summed E-state index contributed by atoms with van der Waals surface area (Å²) >= 11 is 0. The van der Waals surface area contributed by atoms with Crippen molar-refractivity contribution in [3.8, 4) is 0 Å². The van der Waals surface area contributed by atoms with Crippen LogP contribution in [0.1, 0.15) is 53.4 Å². The standard InChI is InChI=1S/C22H32O6.CH4O.H2O/c1-10-12-8-13(24)17-21(5)7-6-16(28-11(2)23)20(3,4)14(21)9-15(25)22(17,18(10)26)19(12)27;1-2;/h12-17,19,24-25,27H,1,6-9H2,2-5H3;2H,1H3;1H2/t12-,13-,14+,15+,16-,17-,19+,21+,22+;;/m0../s1. The van der Waals surface area contributed by atoms with Crippen LogP contribution in [0.15, 0.2) is 12.2 Å². The van der Waals surface area contributed by atoms with Crippen LogP contribution in [-0.2, 0) is 14.3 Å². The van der Waals surface area contributed by atoms with E-state index in [1.807, 2.05) is 13.8 Å². The third-order valence-corrected chi connectivity index (χ3v) is 8.90. The number of fused-ring (bicyclic) bond motifs is 3. The fourth-order valence-corrected chi connectivity index (χ4v) is 7.79. The Bertz CT molecular complexity index is 748. The van der Waals surface area contributed by atoms with Crippen molar-refractivity contribution >= 4 is 11.8 Å². The van der Waals surface area contributed by atoms with Crippen molar-refractivity contribution in [2.75, 3.05) is 7.11 Å². The summed E-state index contributed by atoms with van der Waals surface area (Å²) in [6.45, 7) is 11.4. The van der Waals surface area contributed by atoms with Crippen LogP contribution >= 0.6 is 0 Å². The van der Waals surface area contributed by atoms with Crippen LogP contribution < -0.4 is 0 Å². The topological polar surface area (TPSA) is 156 Å². The van der Waals surface area contributed by atoms with Crippen LogP contribution in [-0.4, -0.2) is 69.2 Å². The number of ketones is 1. The molecule has 4 saturated carbocycles. The van der Waals surface area contributed by atoms with Gasteiger partial charge in [0.25, 0.3) is 0 Å². The average Bonchev–Trinajstić information content (AvgIpc) is 2.79. The molecule has 4 rings (SSSR count). The third kappa shape index (κ3) is 3.14. The Balaban J connectivity index is 0.00000111. The molecule has 8 heteroatoms. The largest absolute Gasteiger partial charge is 0.462 e. The summed E-state index contributed by atoms with van der Waals surface area (Å²) in [6.07, 6.45) is -1.24. The van der Waals surface area contributed by atoms with Gasteiger partial charge in [0.05, 0.1) is 23.7 Å². The summed E-state index contributed by atoms with van der Waals surface area (Å²) in [4.78, 5) is 24.9. The van der Waals surface area contributed by atoms with Gasteiger partial charge < -0.3 is 30.6 Å². The number of Topliss-reactive ketones (excluding diaryl/α,β-unsaturated/α-hetero) is 1. The van der Waals surface area contributed by atoms with Crippen LogP contribution in [0, 0.1) is 34.0 Å². The minimum absolute atomic E-state index is 0. The fraction of sp³-hybridized carbons (Fsp3) is 0.826. The molecule has 9 atom stereocenters. The van der Waals surface area contributed by atoms with E-state index in [1.165, 1.54) is 6.92 Å². The molecule has 0 unspecified atom stereocenters. The summed E-state index contributed by atoms with van der Waals surface area (Å²) < 4.78 is 5.60. The predicted octanol–water partition coefficient (Wildman–Crippen LogP) is 0.392. The zero-order chi connectivity index (χ0) is 22.8. The van der Waals surface area contributed by atoms with Gasteiger partial charge >= 0.3 is 5.97 Å². The number of rotatable bonds is 1. The van der Waals surface area contributed by atoms with E-state index in [4.69, 9.17) is 9.84 Å². The van der Waals surface area contributed by atoms with Gasteiger partial charge in [0.2, 0.25) is 0 Å². The van der Waals surface area contributed by atoms with Crippen molar-refractivity contribution in [3.63, 3.8) is 0 Å². The Morgan fingerprint density at radius 3 is 2.26 bits per heavy atom. The van der Waals surface area contributed by atoms with Gasteiger partial charge in [-0.05, 0) is 42.6 Å². The molecule has 0 aromatic carbocycles. The molecular formula is C23H38O8. The monoisotopic (exact) mass is 442 g/mol. The molecule has 178 valence electrons. The Kier molecular flexibility index (Phi) is 6.88. The smallest absolute Gasteiger partial charge is 0.302 e. The van der Waals surface area contributed by atoms with E-state index >= 15 is 0 Å². The van der Waals surface area contributed by atoms with E-state index in [0.29, 0.717) is 31.3 Å². The first-order valence-corrected chi connectivity index (χ1v) is 10.8. The van der Waals surface area contributed by atoms with Crippen LogP contribution in [0.25, 0.3) is 0 Å². The lowest BCUT2D eigenvalue weighted by molar-refractivity contribution is -0.263. The number of aliphatic hydroxyl groups is 4. The van der Waals surface area contributed by atoms with Gasteiger partial charge in [-0.15, -0.1) is 0 Å². The Morgan fingerprint density at radius 1 is 1.13 bits per heavy atom. The second-order valence-electron chi connectivity index (χ2n) is 10.4. The summed E-state index contributed by atoms with van der Waals surface area (Å²) in [5.41, 5.74) is -1.94. The lowest BCUT2D eigenvalue weighted by atomic mass is 9.39. The van der Waals surface area contributed by atoms with Crippen LogP contribution in [0.5, 0.6) is 0 Å². The third-order valence-electron chi connectivity index (χ3n) is 8.90. The molecule has 2 bridgehead atoms. The van der Waals surface area contributed by atoms with Crippen molar-refractivity contribution in [3.05, 3.63) is 12.2 Å². The number of esters is 1. The Morgan fingerprint density at radius 2 is 1.71 bits per heavy atom. The summed E-state index contributed by atoms with van der Waals surface area (Å²) in [5, 5.41) is 40.5. The van der Waals surface area contributed by atoms with Crippen molar-refractivity contribution in [1.82, 2.24) is 0 Å². The Labute approximate surface area is 183 Å². The van der Waals surface area contributed by atoms with Crippen molar-refractivity contribution < 1.29 is 40.2 Å². The summed E-state index contributed by atoms with van der Waals surface area (Å²) in [5.74, 6) is -1.71. The van der Waals surface area contributed by atoms with Gasteiger partial charge in [0.15, 0.2) is 5.78 Å². The molecule has 4 fully saturated rings. The van der Waals surface area contributed by atoms with Crippen LogP contribution in [0.4, 0.5) is 0 Å². The minimum Gasteiger partial charge on any atom is -0.462 e. The molecule has 4 aliphatic carbocycles. The van der Waals surface area contributed by atoms with Gasteiger partial charge in [-0.3, -0.25) is 9.59 Å². The highest BCUT2D eigenvalue weighted by molar-refractivity contribution is 6.04. The molecule has 0 amide bonds. The number of carbonyl (C=O) groups is 2. The van der Waals surface area contributed by atoms with Gasteiger partial charge in [-0.1, -0.05) is 27.4 Å². The van der Waals surface area contributed by atoms with Gasteiger partial charge in [-0.25, -0.2) is 0 Å². The maximum atomic E-state index is 13.3. The number of aliphatic hydroxyl groups excluding tert-OH is 4. The number of ether oxygens (including phenoxy) is 1. The zero-order valence-corrected chi connectivity index (χ0v) is 19.1. The molecule has 0 saturated heterocycles. The van der Waals surface area contributed by atoms with Crippen LogP contribution in [0.3, 0.4) is 0 Å². The Hall–Kier alpha value is -1.32. The molecule has 0 aromatic heterocycles. The highest BCUT2D eigenvalue weighted by Gasteiger charge is 2.76. The maximum Gasteiger partial charge on any atom is 0.302 e. The van der Waals surface area contributed by atoms with E-state index in [9.17, 15) is 24.9 Å². The first kappa shape index (κ1) is 25.9. The molecule has 31 heavy (non-hydrogen) atoms. The maximum absolute atomic E-state index is 13.3. The summed E-state index contributed by atoms with van der Waals surface area (Å²) in [7, 11) is 1.00. The second kappa shape index (κ2) is 8.23. The van der Waals surface area contributed by atoms with Gasteiger partial charge in [-0.2, -0.15) is 0 Å². The van der Waals surface area contributed by atoms with Gasteiger partial charge in [0.1, 0.15) is 6.10 Å². The first-order chi connectivity index (χ1) is 13.9. The molecule has 6 N–H and O–H groups in total. The fourth-order valence-electron chi connectivity index (χ4n) is 7.79. The average molecular weight is 443 g/mol. The van der Waals surface area contributed by atoms with Crippen molar-refractivity contribution in [2.45, 2.75) is 77.8 Å². The number of hydrogen-bond acceptors (Lipinski definition) is 7. The van der Waals surface area contributed by atoms with Crippen molar-refractivity contribution in [1.29, 1.82) is 0 Å². The van der Waals surface area contributed by atoms with E-state index < -0.39 is 46.4 Å². The molecule has 4 aliphatic rings. The molecule has 0 heterocycles. The molecular weight excluding hydrogens is 404 g/mol. The normalized spacial score (nSPS) is 47.2. The highest BCUT2D eigenvalue weighted by atomic mass is 16.5. The SMILES string of the molecule is C=C1C(=O)[C@@]23[C@H](O)C[C@@H]4C(C)(C)[C@@H](OC(C)=O)CC[C@@]4(C)[C@@H]2[C@@H](O)C[C@@H]1[C@H]3O.CO.O. The minimum atomic E-state index is -1.38. The van der Waals surface area contributed by atoms with E-state index in [0.717, 1.165) is 7.11 Å². The number of hydrogen-bond donors (Lipinski definition) is 4. The molecule has 0 aliphatic heterocycles. The van der Waals surface area contributed by atoms with Gasteiger partial charge in [0, 0.05) is 31.3 Å². The van der Waals surface area contributed by atoms with Crippen molar-refractivity contribution in [2.24, 2.45) is 34.0 Å².